The number of alkyl halides is 3. The Kier molecular flexibility index (Phi) is 3.67. The molecule has 0 saturated carbocycles. The van der Waals surface area contributed by atoms with Gasteiger partial charge in [0.2, 0.25) is 0 Å². The maximum atomic E-state index is 12.6. The summed E-state index contributed by atoms with van der Waals surface area (Å²) < 4.78 is 61.8. The molecule has 1 N–H and O–H groups in total. The molecule has 0 radical (unpaired) electrons. The molecule has 0 aliphatic heterocycles. The number of nitrogens with zero attached hydrogens (tertiary/aromatic N) is 1. The third kappa shape index (κ3) is 3.21. The summed E-state index contributed by atoms with van der Waals surface area (Å²) in [6.45, 7) is 0.100. The molecular weight excluding hydrogens is 313 g/mol. The van der Waals surface area contributed by atoms with Gasteiger partial charge < -0.3 is 9.55 Å². The Morgan fingerprint density at radius 2 is 2.00 bits per heavy atom. The van der Waals surface area contributed by atoms with E-state index in [1.165, 1.54) is 10.6 Å². The van der Waals surface area contributed by atoms with E-state index >= 15 is 0 Å². The standard InChI is InChI=1S/C11H11F3N2O2S2/c1-20(17,18)5-4-16-9-3-2-7(11(12,13)14)6-8(9)15-10(16)19/h2-3,6H,4-5H2,1H3,(H,15,19). The normalized spacial score (nSPS) is 13.0. The number of fused-ring (bicyclic) bond motifs is 1. The van der Waals surface area contributed by atoms with Crippen LogP contribution < -0.4 is 0 Å². The number of halogens is 3. The summed E-state index contributed by atoms with van der Waals surface area (Å²) >= 11 is 5.01. The van der Waals surface area contributed by atoms with Crippen molar-refractivity contribution in [3.05, 3.63) is 28.5 Å². The van der Waals surface area contributed by atoms with Gasteiger partial charge in [0.25, 0.3) is 0 Å². The Hall–Kier alpha value is -1.35. The first-order valence-electron chi connectivity index (χ1n) is 5.55. The summed E-state index contributed by atoms with van der Waals surface area (Å²) in [5.41, 5.74) is -0.0958. The lowest BCUT2D eigenvalue weighted by molar-refractivity contribution is -0.137. The van der Waals surface area contributed by atoms with Crippen LogP contribution in [-0.4, -0.2) is 30.0 Å². The van der Waals surface area contributed by atoms with Crippen LogP contribution in [0.2, 0.25) is 0 Å². The van der Waals surface area contributed by atoms with Crippen molar-refractivity contribution in [3.8, 4) is 0 Å². The summed E-state index contributed by atoms with van der Waals surface area (Å²) in [6.07, 6.45) is -3.34. The van der Waals surface area contributed by atoms with Crippen LogP contribution in [-0.2, 0) is 22.6 Å². The lowest BCUT2D eigenvalue weighted by Gasteiger charge is -2.07. The zero-order valence-electron chi connectivity index (χ0n) is 10.4. The molecule has 2 rings (SSSR count). The topological polar surface area (TPSA) is 54.9 Å². The highest BCUT2D eigenvalue weighted by molar-refractivity contribution is 7.90. The largest absolute Gasteiger partial charge is 0.416 e. The molecule has 0 spiro atoms. The number of aromatic nitrogens is 2. The molecule has 0 unspecified atom stereocenters. The van der Waals surface area contributed by atoms with Crippen LogP contribution in [0.3, 0.4) is 0 Å². The fourth-order valence-corrected chi connectivity index (χ4v) is 2.63. The molecule has 0 bridgehead atoms. The molecule has 2 aromatic rings. The Balaban J connectivity index is 2.48. The van der Waals surface area contributed by atoms with Gasteiger partial charge in [0.15, 0.2) is 4.77 Å². The summed E-state index contributed by atoms with van der Waals surface area (Å²) in [5.74, 6) is -0.130. The highest BCUT2D eigenvalue weighted by Crippen LogP contribution is 2.31. The lowest BCUT2D eigenvalue weighted by Crippen LogP contribution is -2.11. The molecule has 0 saturated heterocycles. The van der Waals surface area contributed by atoms with Gasteiger partial charge in [-0.25, -0.2) is 8.42 Å². The predicted octanol–water partition coefficient (Wildman–Crippen LogP) is 2.76. The SMILES string of the molecule is CS(=O)(=O)CCn1c(=S)[nH]c2cc(C(F)(F)F)ccc21. The fourth-order valence-electron chi connectivity index (χ4n) is 1.82. The van der Waals surface area contributed by atoms with Gasteiger partial charge in [-0.05, 0) is 30.4 Å². The lowest BCUT2D eigenvalue weighted by atomic mass is 10.2. The maximum absolute atomic E-state index is 12.6. The minimum absolute atomic E-state index is 0.100. The maximum Gasteiger partial charge on any atom is 0.416 e. The summed E-state index contributed by atoms with van der Waals surface area (Å²) in [5, 5.41) is 0. The second-order valence-corrected chi connectivity index (χ2v) is 7.09. The zero-order valence-corrected chi connectivity index (χ0v) is 12.0. The van der Waals surface area contributed by atoms with Crippen LogP contribution in [0.15, 0.2) is 18.2 Å². The second-order valence-electron chi connectivity index (χ2n) is 4.44. The summed E-state index contributed by atoms with van der Waals surface area (Å²) in [4.78, 5) is 2.66. The van der Waals surface area contributed by atoms with Gasteiger partial charge in [0.1, 0.15) is 9.84 Å². The number of hydrogen-bond donors (Lipinski definition) is 1. The Morgan fingerprint density at radius 1 is 1.35 bits per heavy atom. The number of benzene rings is 1. The van der Waals surface area contributed by atoms with Gasteiger partial charge >= 0.3 is 6.18 Å². The van der Waals surface area contributed by atoms with Crippen molar-refractivity contribution in [3.63, 3.8) is 0 Å². The van der Waals surface area contributed by atoms with E-state index in [0.29, 0.717) is 5.52 Å². The van der Waals surface area contributed by atoms with Crippen LogP contribution in [0.5, 0.6) is 0 Å². The van der Waals surface area contributed by atoms with Gasteiger partial charge in [-0.3, -0.25) is 0 Å². The second kappa shape index (κ2) is 4.88. The molecule has 1 heterocycles. The molecule has 9 heteroatoms. The first-order valence-corrected chi connectivity index (χ1v) is 8.02. The third-order valence-electron chi connectivity index (χ3n) is 2.79. The summed E-state index contributed by atoms with van der Waals surface area (Å²) in [7, 11) is -3.18. The van der Waals surface area contributed by atoms with Gasteiger partial charge in [-0.15, -0.1) is 0 Å². The van der Waals surface area contributed by atoms with Crippen LogP contribution in [0.25, 0.3) is 11.0 Å². The number of H-pyrrole nitrogens is 1. The molecule has 0 aliphatic rings. The predicted molar refractivity (Wildman–Crippen MR) is 71.8 cm³/mol. The van der Waals surface area contributed by atoms with Crippen molar-refractivity contribution in [2.75, 3.05) is 12.0 Å². The Morgan fingerprint density at radius 3 is 2.55 bits per heavy atom. The monoisotopic (exact) mass is 324 g/mol. The van der Waals surface area contributed by atoms with Gasteiger partial charge in [-0.2, -0.15) is 13.2 Å². The number of aromatic amines is 1. The van der Waals surface area contributed by atoms with Gasteiger partial charge in [-0.1, -0.05) is 0 Å². The minimum atomic E-state index is -4.43. The molecule has 4 nitrogen and oxygen atoms in total. The van der Waals surface area contributed by atoms with Crippen molar-refractivity contribution in [1.29, 1.82) is 0 Å². The molecule has 0 atom stereocenters. The van der Waals surface area contributed by atoms with E-state index in [1.54, 1.807) is 0 Å². The smallest absolute Gasteiger partial charge is 0.331 e. The van der Waals surface area contributed by atoms with Crippen molar-refractivity contribution >= 4 is 33.1 Å². The third-order valence-corrected chi connectivity index (χ3v) is 4.03. The Bertz CT molecular complexity index is 803. The average molecular weight is 324 g/mol. The molecule has 20 heavy (non-hydrogen) atoms. The molecule has 0 fully saturated rings. The van der Waals surface area contributed by atoms with E-state index in [1.807, 2.05) is 0 Å². The van der Waals surface area contributed by atoms with Crippen molar-refractivity contribution in [2.45, 2.75) is 12.7 Å². The molecule has 1 aromatic heterocycles. The first kappa shape index (κ1) is 15.0. The van der Waals surface area contributed by atoms with E-state index in [9.17, 15) is 21.6 Å². The van der Waals surface area contributed by atoms with Gasteiger partial charge in [0.05, 0.1) is 22.3 Å². The highest BCUT2D eigenvalue weighted by atomic mass is 32.2. The van der Waals surface area contributed by atoms with E-state index in [0.717, 1.165) is 18.4 Å². The number of aryl methyl sites for hydroxylation is 1. The van der Waals surface area contributed by atoms with Crippen molar-refractivity contribution in [2.24, 2.45) is 0 Å². The van der Waals surface area contributed by atoms with E-state index in [4.69, 9.17) is 12.2 Å². The number of nitrogens with one attached hydrogen (secondary N) is 1. The number of hydrogen-bond acceptors (Lipinski definition) is 3. The number of rotatable bonds is 3. The first-order chi connectivity index (χ1) is 9.08. The van der Waals surface area contributed by atoms with E-state index < -0.39 is 21.6 Å². The molecular formula is C11H11F3N2O2S2. The average Bonchev–Trinajstić information content (AvgIpc) is 2.58. The molecule has 110 valence electrons. The summed E-state index contributed by atoms with van der Waals surface area (Å²) in [6, 6.07) is 3.19. The number of imidazole rings is 1. The zero-order chi connectivity index (χ0) is 15.1. The van der Waals surface area contributed by atoms with E-state index in [2.05, 4.69) is 4.98 Å². The molecule has 0 amide bonds. The van der Waals surface area contributed by atoms with Crippen LogP contribution in [0.1, 0.15) is 5.56 Å². The van der Waals surface area contributed by atoms with Gasteiger partial charge in [0, 0.05) is 12.8 Å². The van der Waals surface area contributed by atoms with Crippen molar-refractivity contribution < 1.29 is 21.6 Å². The fraction of sp³-hybridized carbons (Fsp3) is 0.364. The molecule has 1 aromatic carbocycles. The van der Waals surface area contributed by atoms with E-state index in [-0.39, 0.29) is 22.6 Å². The minimum Gasteiger partial charge on any atom is -0.331 e. The number of sulfone groups is 1. The van der Waals surface area contributed by atoms with Crippen LogP contribution in [0.4, 0.5) is 13.2 Å². The quantitative estimate of drug-likeness (QED) is 0.883. The highest BCUT2D eigenvalue weighted by Gasteiger charge is 2.30. The van der Waals surface area contributed by atoms with Crippen LogP contribution >= 0.6 is 12.2 Å². The van der Waals surface area contributed by atoms with Crippen molar-refractivity contribution in [1.82, 2.24) is 9.55 Å². The molecule has 0 aliphatic carbocycles. The van der Waals surface area contributed by atoms with Crippen LogP contribution in [0, 0.1) is 4.77 Å². The Labute approximate surface area is 118 Å².